The molecule has 1 amide bonds. The molecule has 0 spiro atoms. The second-order valence-corrected chi connectivity index (χ2v) is 9.88. The highest BCUT2D eigenvalue weighted by Crippen LogP contribution is 2.26. The zero-order valence-electron chi connectivity index (χ0n) is 19.3. The summed E-state index contributed by atoms with van der Waals surface area (Å²) in [5.41, 5.74) is 0.654. The predicted octanol–water partition coefficient (Wildman–Crippen LogP) is 5.40. The van der Waals surface area contributed by atoms with Crippen molar-refractivity contribution in [1.29, 1.82) is 5.26 Å². The Morgan fingerprint density at radius 3 is 2.49 bits per heavy atom. The van der Waals surface area contributed by atoms with Crippen LogP contribution in [0.4, 0.5) is 5.69 Å². The van der Waals surface area contributed by atoms with Gasteiger partial charge in [0.25, 0.3) is 11.5 Å². The van der Waals surface area contributed by atoms with Crippen LogP contribution in [-0.2, 0) is 4.79 Å². The molecule has 1 aromatic heterocycles. The van der Waals surface area contributed by atoms with E-state index >= 15 is 0 Å². The van der Waals surface area contributed by atoms with Crippen LogP contribution in [0.25, 0.3) is 17.3 Å². The fraction of sp³-hybridized carbons (Fsp3) is 0.0741. The van der Waals surface area contributed by atoms with E-state index < -0.39 is 11.5 Å². The lowest BCUT2D eigenvalue weighted by Gasteiger charge is -2.07. The Morgan fingerprint density at radius 1 is 1.08 bits per heavy atom. The Hall–Kier alpha value is -3.54. The number of amides is 1. The van der Waals surface area contributed by atoms with E-state index in [-0.39, 0.29) is 25.5 Å². The molecule has 0 aliphatic carbocycles. The van der Waals surface area contributed by atoms with Gasteiger partial charge in [0.15, 0.2) is 5.57 Å². The van der Waals surface area contributed by atoms with E-state index in [1.54, 1.807) is 60.7 Å². The third kappa shape index (κ3) is 5.90. The molecule has 0 unspecified atom stereocenters. The molecule has 0 atom stereocenters. The molecule has 37 heavy (non-hydrogen) atoms. The summed E-state index contributed by atoms with van der Waals surface area (Å²) in [6.45, 7) is 2.27. The summed E-state index contributed by atoms with van der Waals surface area (Å²) in [5, 5.41) is 13.7. The number of nitriles is 1. The first-order chi connectivity index (χ1) is 17.8. The topological polar surface area (TPSA) is 84.1 Å². The number of thiazole rings is 1. The van der Waals surface area contributed by atoms with Gasteiger partial charge in [-0.05, 0) is 61.5 Å². The number of halogens is 3. The largest absolute Gasteiger partial charge is 0.493 e. The molecule has 3 aromatic carbocycles. The molecule has 0 fully saturated rings. The van der Waals surface area contributed by atoms with Crippen LogP contribution in [0, 0.1) is 11.3 Å². The lowest BCUT2D eigenvalue weighted by atomic mass is 10.2. The quantitative estimate of drug-likeness (QED) is 0.336. The second kappa shape index (κ2) is 11.7. The average molecular weight is 571 g/mol. The molecule has 10 heteroatoms. The van der Waals surface area contributed by atoms with Gasteiger partial charge in [-0.25, -0.2) is 0 Å². The maximum Gasteiger partial charge on any atom is 0.273 e. The summed E-state index contributed by atoms with van der Waals surface area (Å²) in [6, 6.07) is 20.4. The van der Waals surface area contributed by atoms with Crippen LogP contribution in [0.3, 0.4) is 0 Å². The van der Waals surface area contributed by atoms with Crippen molar-refractivity contribution in [2.45, 2.75) is 6.92 Å². The molecule has 0 saturated heterocycles. The van der Waals surface area contributed by atoms with E-state index in [2.05, 4.69) is 5.32 Å². The van der Waals surface area contributed by atoms with Crippen LogP contribution in [0.2, 0.25) is 15.1 Å². The molecule has 4 rings (SSSR count). The van der Waals surface area contributed by atoms with E-state index in [0.29, 0.717) is 33.7 Å². The summed E-state index contributed by atoms with van der Waals surface area (Å²) >= 11 is 19.4. The normalized spacial score (nSPS) is 12.1. The van der Waals surface area contributed by atoms with Gasteiger partial charge >= 0.3 is 0 Å². The lowest BCUT2D eigenvalue weighted by Crippen LogP contribution is -2.32. The van der Waals surface area contributed by atoms with E-state index in [1.165, 1.54) is 16.7 Å². The van der Waals surface area contributed by atoms with Crippen LogP contribution in [0.5, 0.6) is 5.75 Å². The zero-order valence-corrected chi connectivity index (χ0v) is 22.4. The number of nitrogens with zero attached hydrogens (tertiary/aromatic N) is 2. The van der Waals surface area contributed by atoms with Crippen molar-refractivity contribution in [3.8, 4) is 17.5 Å². The predicted molar refractivity (Wildman–Crippen MR) is 149 cm³/mol. The first kappa shape index (κ1) is 26.5. The lowest BCUT2D eigenvalue weighted by molar-refractivity contribution is -0.111. The number of anilines is 1. The van der Waals surface area contributed by atoms with Gasteiger partial charge in [-0.1, -0.05) is 53.0 Å². The Kier molecular flexibility index (Phi) is 8.37. The average Bonchev–Trinajstić information content (AvgIpc) is 3.19. The first-order valence-electron chi connectivity index (χ1n) is 10.9. The number of hydrogen-bond donors (Lipinski definition) is 1. The standard InChI is InChI=1S/C27H18Cl3N3O3S/c1-2-36-23-11-9-17(28)12-16(23)13-24-26(35)33(19-6-4-3-5-7-19)27(37-24)20(15-31)25(34)32-22-14-18(29)8-10-21(22)30/h3-14H,2H2,1H3,(H,32,34). The molecular formula is C27H18Cl3N3O3S. The van der Waals surface area contributed by atoms with E-state index in [4.69, 9.17) is 39.5 Å². The van der Waals surface area contributed by atoms with Gasteiger partial charge in [-0.2, -0.15) is 5.26 Å². The van der Waals surface area contributed by atoms with Crippen molar-refractivity contribution >= 4 is 69.4 Å². The van der Waals surface area contributed by atoms with Gasteiger partial charge in [-0.15, -0.1) is 11.3 Å². The third-order valence-corrected chi connectivity index (χ3v) is 7.02. The summed E-state index contributed by atoms with van der Waals surface area (Å²) in [6.07, 6.45) is 1.63. The number of aromatic nitrogens is 1. The SMILES string of the molecule is CCOc1ccc(Cl)cc1C=c1sc(=C(C#N)C(=O)Nc2cc(Cl)ccc2Cl)n(-c2ccccc2)c1=O. The first-order valence-corrected chi connectivity index (χ1v) is 12.9. The summed E-state index contributed by atoms with van der Waals surface area (Å²) < 4.78 is 7.45. The number of para-hydroxylation sites is 1. The van der Waals surface area contributed by atoms with Crippen molar-refractivity contribution in [3.05, 3.63) is 107 Å². The van der Waals surface area contributed by atoms with Crippen molar-refractivity contribution in [3.63, 3.8) is 0 Å². The highest BCUT2D eigenvalue weighted by atomic mass is 35.5. The van der Waals surface area contributed by atoms with Crippen molar-refractivity contribution in [2.75, 3.05) is 11.9 Å². The number of nitrogens with one attached hydrogen (secondary N) is 1. The summed E-state index contributed by atoms with van der Waals surface area (Å²) in [7, 11) is 0. The van der Waals surface area contributed by atoms with Crippen LogP contribution >= 0.6 is 46.1 Å². The zero-order chi connectivity index (χ0) is 26.5. The molecule has 0 bridgehead atoms. The van der Waals surface area contributed by atoms with E-state index in [0.717, 1.165) is 11.3 Å². The minimum absolute atomic E-state index is 0.153. The van der Waals surface area contributed by atoms with Gasteiger partial charge in [0.2, 0.25) is 0 Å². The summed E-state index contributed by atoms with van der Waals surface area (Å²) in [5.74, 6) is -0.188. The van der Waals surface area contributed by atoms with Crippen molar-refractivity contribution in [1.82, 2.24) is 4.57 Å². The Bertz CT molecular complexity index is 1710. The molecule has 0 aliphatic rings. The van der Waals surface area contributed by atoms with Gasteiger partial charge in [0.05, 0.1) is 27.5 Å². The monoisotopic (exact) mass is 569 g/mol. The van der Waals surface area contributed by atoms with E-state index in [1.807, 2.05) is 13.0 Å². The van der Waals surface area contributed by atoms with E-state index in [9.17, 15) is 14.9 Å². The maximum atomic E-state index is 13.6. The van der Waals surface area contributed by atoms with Crippen molar-refractivity contribution < 1.29 is 9.53 Å². The molecule has 6 nitrogen and oxygen atoms in total. The Labute approximate surface area is 231 Å². The molecule has 1 heterocycles. The minimum Gasteiger partial charge on any atom is -0.493 e. The molecule has 0 aliphatic heterocycles. The number of rotatable bonds is 6. The number of carbonyl (C=O) groups is 1. The van der Waals surface area contributed by atoms with Crippen LogP contribution < -0.4 is 24.8 Å². The number of carbonyl (C=O) groups excluding carboxylic acids is 1. The number of hydrogen-bond acceptors (Lipinski definition) is 5. The molecule has 0 saturated carbocycles. The fourth-order valence-electron chi connectivity index (χ4n) is 3.50. The van der Waals surface area contributed by atoms with Gasteiger partial charge in [0, 0.05) is 15.6 Å². The molecular weight excluding hydrogens is 553 g/mol. The molecule has 186 valence electrons. The number of benzene rings is 3. The summed E-state index contributed by atoms with van der Waals surface area (Å²) in [4.78, 5) is 26.8. The molecule has 0 radical (unpaired) electrons. The van der Waals surface area contributed by atoms with Gasteiger partial charge in [0.1, 0.15) is 16.5 Å². The highest BCUT2D eigenvalue weighted by molar-refractivity contribution is 7.07. The van der Waals surface area contributed by atoms with Crippen LogP contribution in [0.15, 0.2) is 71.5 Å². The smallest absolute Gasteiger partial charge is 0.273 e. The Balaban J connectivity index is 1.98. The third-order valence-electron chi connectivity index (χ3n) is 5.13. The van der Waals surface area contributed by atoms with Crippen LogP contribution in [0.1, 0.15) is 12.5 Å². The fourth-order valence-corrected chi connectivity index (χ4v) is 5.11. The van der Waals surface area contributed by atoms with Gasteiger partial charge < -0.3 is 10.1 Å². The minimum atomic E-state index is -0.734. The number of ether oxygens (including phenoxy) is 1. The molecule has 1 N–H and O–H groups in total. The second-order valence-electron chi connectivity index (χ2n) is 7.57. The molecule has 4 aromatic rings. The Morgan fingerprint density at radius 2 is 1.78 bits per heavy atom. The highest BCUT2D eigenvalue weighted by Gasteiger charge is 2.18. The van der Waals surface area contributed by atoms with Gasteiger partial charge in [-0.3, -0.25) is 14.2 Å². The van der Waals surface area contributed by atoms with Crippen LogP contribution in [-0.4, -0.2) is 17.1 Å². The van der Waals surface area contributed by atoms with Crippen molar-refractivity contribution in [2.24, 2.45) is 0 Å². The maximum absolute atomic E-state index is 13.6.